The average Bonchev–Trinajstić information content (AvgIpc) is 3.19. The molecule has 5 rings (SSSR count). The highest BCUT2D eigenvalue weighted by Crippen LogP contribution is 2.29. The van der Waals surface area contributed by atoms with Gasteiger partial charge in [-0.1, -0.05) is 12.1 Å². The van der Waals surface area contributed by atoms with Gasteiger partial charge in [0, 0.05) is 43.6 Å². The van der Waals surface area contributed by atoms with Gasteiger partial charge in [0.25, 0.3) is 0 Å². The van der Waals surface area contributed by atoms with E-state index in [0.29, 0.717) is 35.7 Å². The molecule has 1 saturated heterocycles. The second-order valence-corrected chi connectivity index (χ2v) is 8.37. The molecule has 1 aliphatic heterocycles. The summed E-state index contributed by atoms with van der Waals surface area (Å²) < 4.78 is 21.4. The molecule has 0 bridgehead atoms. The zero-order valence-corrected chi connectivity index (χ0v) is 19.3. The molecular formula is C24H27FN8O. The number of hydrogen-bond donors (Lipinski definition) is 1. The van der Waals surface area contributed by atoms with Crippen molar-refractivity contribution in [3.63, 3.8) is 0 Å². The van der Waals surface area contributed by atoms with E-state index >= 15 is 0 Å². The number of benzene rings is 1. The molecule has 1 aliphatic rings. The predicted molar refractivity (Wildman–Crippen MR) is 129 cm³/mol. The number of ether oxygens (including phenoxy) is 1. The molecule has 4 heterocycles. The van der Waals surface area contributed by atoms with Gasteiger partial charge in [0.05, 0.1) is 19.3 Å². The Kier molecular flexibility index (Phi) is 5.97. The van der Waals surface area contributed by atoms with Crippen LogP contribution >= 0.6 is 0 Å². The molecule has 1 fully saturated rings. The van der Waals surface area contributed by atoms with Gasteiger partial charge in [-0.25, -0.2) is 9.37 Å². The van der Waals surface area contributed by atoms with E-state index < -0.39 is 5.82 Å². The number of nitrogens with zero attached hydrogens (tertiary/aromatic N) is 7. The number of aromatic nitrogens is 5. The summed E-state index contributed by atoms with van der Waals surface area (Å²) >= 11 is 0. The quantitative estimate of drug-likeness (QED) is 0.467. The van der Waals surface area contributed by atoms with Crippen LogP contribution in [0.15, 0.2) is 42.7 Å². The van der Waals surface area contributed by atoms with Crippen LogP contribution in [-0.2, 0) is 6.54 Å². The number of nitrogen functional groups attached to an aromatic ring is 1. The summed E-state index contributed by atoms with van der Waals surface area (Å²) in [6.45, 7) is 6.85. The molecule has 0 radical (unpaired) electrons. The third kappa shape index (κ3) is 4.36. The molecule has 0 spiro atoms. The minimum absolute atomic E-state index is 0.183. The predicted octanol–water partition coefficient (Wildman–Crippen LogP) is 2.81. The normalized spacial score (nSPS) is 14.6. The Morgan fingerprint density at radius 2 is 1.79 bits per heavy atom. The first kappa shape index (κ1) is 22.0. The van der Waals surface area contributed by atoms with Crippen LogP contribution in [0, 0.1) is 5.82 Å². The van der Waals surface area contributed by atoms with E-state index in [1.807, 2.05) is 11.5 Å². The summed E-state index contributed by atoms with van der Waals surface area (Å²) in [5.74, 6) is 0.282. The number of pyridine rings is 1. The molecule has 2 N–H and O–H groups in total. The number of nitrogens with two attached hydrogens (primary N) is 1. The van der Waals surface area contributed by atoms with E-state index in [4.69, 9.17) is 10.5 Å². The Hall–Kier alpha value is -3.79. The van der Waals surface area contributed by atoms with Crippen molar-refractivity contribution < 1.29 is 9.13 Å². The molecule has 0 atom stereocenters. The van der Waals surface area contributed by atoms with Gasteiger partial charge >= 0.3 is 6.01 Å². The number of piperazine rings is 1. The highest BCUT2D eigenvalue weighted by atomic mass is 19.1. The molecule has 0 amide bonds. The molecule has 10 heteroatoms. The summed E-state index contributed by atoms with van der Waals surface area (Å²) in [7, 11) is 2.15. The zero-order valence-electron chi connectivity index (χ0n) is 19.3. The molecule has 34 heavy (non-hydrogen) atoms. The van der Waals surface area contributed by atoms with Crippen LogP contribution in [0.3, 0.4) is 0 Å². The van der Waals surface area contributed by atoms with E-state index in [-0.39, 0.29) is 11.8 Å². The maximum Gasteiger partial charge on any atom is 0.320 e. The van der Waals surface area contributed by atoms with Crippen molar-refractivity contribution in [1.82, 2.24) is 29.4 Å². The molecule has 0 unspecified atom stereocenters. The standard InChI is InChI=1S/C24H27FN8O/c1-3-34-24-29-21(26)20-23(30-24)33(22(28-20)17-12-18(25)14-27-13-17)15-16-4-6-19(7-5-16)32-10-8-31(2)9-11-32/h4-7,12-14H,3,8-11,15H2,1-2H3,(H2,26,29,30). The van der Waals surface area contributed by atoms with Crippen LogP contribution in [0.1, 0.15) is 12.5 Å². The van der Waals surface area contributed by atoms with Gasteiger partial charge in [-0.15, -0.1) is 0 Å². The Bertz CT molecular complexity index is 1300. The summed E-state index contributed by atoms with van der Waals surface area (Å²) in [4.78, 5) is 22.1. The summed E-state index contributed by atoms with van der Waals surface area (Å²) in [6.07, 6.45) is 2.74. The molecular weight excluding hydrogens is 435 g/mol. The molecule has 0 saturated carbocycles. The fourth-order valence-corrected chi connectivity index (χ4v) is 4.16. The lowest BCUT2D eigenvalue weighted by atomic mass is 10.1. The van der Waals surface area contributed by atoms with Crippen molar-refractivity contribution in [3.8, 4) is 17.4 Å². The van der Waals surface area contributed by atoms with Gasteiger partial charge in [0.2, 0.25) is 0 Å². The second-order valence-electron chi connectivity index (χ2n) is 8.37. The first-order valence-electron chi connectivity index (χ1n) is 11.3. The average molecular weight is 463 g/mol. The molecule has 176 valence electrons. The SMILES string of the molecule is CCOc1nc(N)c2nc(-c3cncc(F)c3)n(Cc3ccc(N4CCN(C)CC4)cc3)c2n1. The lowest BCUT2D eigenvalue weighted by Crippen LogP contribution is -2.44. The lowest BCUT2D eigenvalue weighted by Gasteiger charge is -2.34. The number of rotatable bonds is 6. The third-order valence-corrected chi connectivity index (χ3v) is 5.98. The highest BCUT2D eigenvalue weighted by Gasteiger charge is 2.20. The van der Waals surface area contributed by atoms with Gasteiger partial charge in [-0.3, -0.25) is 4.98 Å². The molecule has 3 aromatic heterocycles. The second kappa shape index (κ2) is 9.22. The van der Waals surface area contributed by atoms with E-state index in [1.165, 1.54) is 11.8 Å². The zero-order chi connectivity index (χ0) is 23.7. The minimum Gasteiger partial charge on any atom is -0.464 e. The van der Waals surface area contributed by atoms with Gasteiger partial charge < -0.3 is 24.8 Å². The summed E-state index contributed by atoms with van der Waals surface area (Å²) in [5, 5.41) is 0. The van der Waals surface area contributed by atoms with Crippen molar-refractivity contribution in [3.05, 3.63) is 54.1 Å². The number of imidazole rings is 1. The Morgan fingerprint density at radius 3 is 2.50 bits per heavy atom. The maximum atomic E-state index is 14.0. The number of fused-ring (bicyclic) bond motifs is 1. The largest absolute Gasteiger partial charge is 0.464 e. The summed E-state index contributed by atoms with van der Waals surface area (Å²) in [6, 6.07) is 10.1. The fourth-order valence-electron chi connectivity index (χ4n) is 4.16. The van der Waals surface area contributed by atoms with Crippen LogP contribution in [0.4, 0.5) is 15.9 Å². The van der Waals surface area contributed by atoms with Gasteiger partial charge in [-0.2, -0.15) is 9.97 Å². The molecule has 0 aliphatic carbocycles. The first-order chi connectivity index (χ1) is 16.5. The fraction of sp³-hybridized carbons (Fsp3) is 0.333. The van der Waals surface area contributed by atoms with Crippen LogP contribution < -0.4 is 15.4 Å². The van der Waals surface area contributed by atoms with Crippen LogP contribution in [-0.4, -0.2) is 69.2 Å². The van der Waals surface area contributed by atoms with Crippen molar-refractivity contribution in [2.24, 2.45) is 0 Å². The van der Waals surface area contributed by atoms with Crippen molar-refractivity contribution in [2.45, 2.75) is 13.5 Å². The molecule has 9 nitrogen and oxygen atoms in total. The topological polar surface area (TPSA) is 98.2 Å². The van der Waals surface area contributed by atoms with E-state index in [1.54, 1.807) is 6.20 Å². The van der Waals surface area contributed by atoms with Crippen molar-refractivity contribution in [1.29, 1.82) is 0 Å². The van der Waals surface area contributed by atoms with Crippen LogP contribution in [0.5, 0.6) is 6.01 Å². The number of hydrogen-bond acceptors (Lipinski definition) is 8. The van der Waals surface area contributed by atoms with Crippen LogP contribution in [0.2, 0.25) is 0 Å². The Balaban J connectivity index is 1.54. The molecule has 1 aromatic carbocycles. The molecule has 4 aromatic rings. The number of likely N-dealkylation sites (N-methyl/N-ethyl adjacent to an activating group) is 1. The first-order valence-corrected chi connectivity index (χ1v) is 11.3. The van der Waals surface area contributed by atoms with Gasteiger partial charge in [0.15, 0.2) is 17.0 Å². The number of halogens is 1. The minimum atomic E-state index is -0.443. The van der Waals surface area contributed by atoms with E-state index in [9.17, 15) is 4.39 Å². The Labute approximate surface area is 197 Å². The Morgan fingerprint density at radius 1 is 1.03 bits per heavy atom. The monoisotopic (exact) mass is 462 g/mol. The van der Waals surface area contributed by atoms with Crippen molar-refractivity contribution in [2.75, 3.05) is 50.5 Å². The third-order valence-electron chi connectivity index (χ3n) is 5.98. The van der Waals surface area contributed by atoms with Crippen molar-refractivity contribution >= 4 is 22.7 Å². The van der Waals surface area contributed by atoms with Gasteiger partial charge in [-0.05, 0) is 37.7 Å². The summed E-state index contributed by atoms with van der Waals surface area (Å²) in [5.41, 5.74) is 9.93. The van der Waals surface area contributed by atoms with Gasteiger partial charge in [0.1, 0.15) is 11.6 Å². The van der Waals surface area contributed by atoms with E-state index in [0.717, 1.165) is 37.9 Å². The smallest absolute Gasteiger partial charge is 0.320 e. The number of anilines is 2. The van der Waals surface area contributed by atoms with E-state index in [2.05, 4.69) is 61.0 Å². The lowest BCUT2D eigenvalue weighted by molar-refractivity contribution is 0.313. The maximum absolute atomic E-state index is 14.0. The van der Waals surface area contributed by atoms with Crippen LogP contribution in [0.25, 0.3) is 22.6 Å². The highest BCUT2D eigenvalue weighted by molar-refractivity contribution is 5.86.